The fraction of sp³-hybridized carbons (Fsp3) is 0.278. The van der Waals surface area contributed by atoms with E-state index in [9.17, 15) is 4.79 Å². The van der Waals surface area contributed by atoms with E-state index in [4.69, 9.17) is 4.74 Å². The predicted octanol–water partition coefficient (Wildman–Crippen LogP) is 3.56. The molecular formula is C18H17NO2S. The van der Waals surface area contributed by atoms with Crippen LogP contribution in [0.5, 0.6) is 0 Å². The lowest BCUT2D eigenvalue weighted by Gasteiger charge is -2.29. The fourth-order valence-corrected chi connectivity index (χ4v) is 4.25. The number of hydrogen-bond acceptors (Lipinski definition) is 4. The van der Waals surface area contributed by atoms with E-state index in [1.54, 1.807) is 11.3 Å². The smallest absolute Gasteiger partial charge is 0.197 e. The first-order valence-corrected chi connectivity index (χ1v) is 8.35. The average molecular weight is 311 g/mol. The summed E-state index contributed by atoms with van der Waals surface area (Å²) in [6.07, 6.45) is 0. The molecule has 1 aromatic heterocycles. The summed E-state index contributed by atoms with van der Waals surface area (Å²) >= 11 is 1.71. The Balaban J connectivity index is 2.08. The molecular weight excluding hydrogens is 294 g/mol. The Labute approximate surface area is 132 Å². The van der Waals surface area contributed by atoms with E-state index in [2.05, 4.69) is 24.0 Å². The van der Waals surface area contributed by atoms with Crippen LogP contribution in [0.3, 0.4) is 0 Å². The van der Waals surface area contributed by atoms with E-state index in [1.807, 2.05) is 24.3 Å². The van der Waals surface area contributed by atoms with E-state index in [-0.39, 0.29) is 5.43 Å². The quantitative estimate of drug-likeness (QED) is 0.644. The van der Waals surface area contributed by atoms with E-state index in [1.165, 1.54) is 5.56 Å². The number of morpholine rings is 1. The van der Waals surface area contributed by atoms with E-state index < -0.39 is 0 Å². The molecule has 112 valence electrons. The Bertz CT molecular complexity index is 910. The van der Waals surface area contributed by atoms with Gasteiger partial charge in [0.05, 0.1) is 18.6 Å². The summed E-state index contributed by atoms with van der Waals surface area (Å²) in [4.78, 5) is 15.3. The van der Waals surface area contributed by atoms with Crippen molar-refractivity contribution in [2.24, 2.45) is 0 Å². The minimum atomic E-state index is 0.148. The van der Waals surface area contributed by atoms with Crippen LogP contribution in [-0.4, -0.2) is 26.3 Å². The van der Waals surface area contributed by atoms with Gasteiger partial charge in [0.15, 0.2) is 5.43 Å². The van der Waals surface area contributed by atoms with Crippen molar-refractivity contribution in [3.8, 4) is 0 Å². The SMILES string of the molecule is Cc1ccc(N2CCOCC2)c2c(=O)c3ccccc3sc12. The van der Waals surface area contributed by atoms with Gasteiger partial charge in [-0.1, -0.05) is 18.2 Å². The maximum atomic E-state index is 13.1. The van der Waals surface area contributed by atoms with Crippen LogP contribution in [0.4, 0.5) is 5.69 Å². The van der Waals surface area contributed by atoms with Crippen LogP contribution in [0, 0.1) is 6.92 Å². The third kappa shape index (κ3) is 2.11. The molecule has 0 spiro atoms. The highest BCUT2D eigenvalue weighted by Crippen LogP contribution is 2.33. The highest BCUT2D eigenvalue weighted by Gasteiger charge is 2.18. The molecule has 3 nitrogen and oxygen atoms in total. The van der Waals surface area contributed by atoms with Crippen molar-refractivity contribution in [3.05, 3.63) is 52.2 Å². The van der Waals surface area contributed by atoms with Crippen molar-refractivity contribution in [3.63, 3.8) is 0 Å². The van der Waals surface area contributed by atoms with Crippen molar-refractivity contribution >= 4 is 37.2 Å². The normalized spacial score (nSPS) is 15.6. The lowest BCUT2D eigenvalue weighted by Crippen LogP contribution is -2.36. The molecule has 0 N–H and O–H groups in total. The molecule has 22 heavy (non-hydrogen) atoms. The molecule has 0 atom stereocenters. The number of nitrogens with zero attached hydrogens (tertiary/aromatic N) is 1. The molecule has 0 amide bonds. The standard InChI is InChI=1S/C18H17NO2S/c1-12-6-7-14(19-8-10-21-11-9-19)16-17(20)13-4-2-3-5-15(13)22-18(12)16/h2-7H,8-11H2,1H3. The second-order valence-corrected chi connectivity index (χ2v) is 6.68. The summed E-state index contributed by atoms with van der Waals surface area (Å²) in [5.41, 5.74) is 2.37. The summed E-state index contributed by atoms with van der Waals surface area (Å²) in [5, 5.41) is 1.69. The number of hydrogen-bond donors (Lipinski definition) is 0. The molecule has 0 bridgehead atoms. The van der Waals surface area contributed by atoms with Crippen molar-refractivity contribution < 1.29 is 4.74 Å². The number of aryl methyl sites for hydroxylation is 1. The van der Waals surface area contributed by atoms with E-state index in [0.29, 0.717) is 0 Å². The van der Waals surface area contributed by atoms with Gasteiger partial charge in [-0.15, -0.1) is 11.3 Å². The van der Waals surface area contributed by atoms with Crippen LogP contribution in [-0.2, 0) is 4.74 Å². The molecule has 3 aromatic rings. The third-order valence-corrected chi connectivity index (χ3v) is 5.56. The number of rotatable bonds is 1. The molecule has 1 aliphatic rings. The zero-order valence-electron chi connectivity index (χ0n) is 12.5. The summed E-state index contributed by atoms with van der Waals surface area (Å²) in [7, 11) is 0. The van der Waals surface area contributed by atoms with Gasteiger partial charge in [0.1, 0.15) is 0 Å². The maximum absolute atomic E-state index is 13.1. The molecule has 4 heteroatoms. The van der Waals surface area contributed by atoms with Gasteiger partial charge in [-0.05, 0) is 30.7 Å². The molecule has 0 radical (unpaired) electrons. The van der Waals surface area contributed by atoms with Crippen molar-refractivity contribution in [2.75, 3.05) is 31.2 Å². The fourth-order valence-electron chi connectivity index (χ4n) is 3.08. The third-order valence-electron chi connectivity index (χ3n) is 4.26. The van der Waals surface area contributed by atoms with Gasteiger partial charge in [-0.25, -0.2) is 0 Å². The first-order valence-electron chi connectivity index (χ1n) is 7.53. The van der Waals surface area contributed by atoms with Crippen LogP contribution < -0.4 is 10.3 Å². The van der Waals surface area contributed by atoms with Gasteiger partial charge >= 0.3 is 0 Å². The molecule has 0 unspecified atom stereocenters. The second-order valence-electron chi connectivity index (χ2n) is 5.63. The molecule has 2 heterocycles. The summed E-state index contributed by atoms with van der Waals surface area (Å²) in [6.45, 7) is 5.21. The minimum absolute atomic E-state index is 0.148. The molecule has 1 aliphatic heterocycles. The van der Waals surface area contributed by atoms with Gasteiger partial charge in [0, 0.05) is 33.6 Å². The van der Waals surface area contributed by atoms with Crippen LogP contribution in [0.25, 0.3) is 20.2 Å². The summed E-state index contributed by atoms with van der Waals surface area (Å²) < 4.78 is 7.60. The lowest BCUT2D eigenvalue weighted by molar-refractivity contribution is 0.123. The number of fused-ring (bicyclic) bond motifs is 2. The van der Waals surface area contributed by atoms with Crippen molar-refractivity contribution in [2.45, 2.75) is 6.92 Å². The van der Waals surface area contributed by atoms with Gasteiger partial charge in [-0.2, -0.15) is 0 Å². The Hall–Kier alpha value is -1.91. The molecule has 0 aliphatic carbocycles. The Morgan fingerprint density at radius 3 is 2.68 bits per heavy atom. The van der Waals surface area contributed by atoms with Crippen molar-refractivity contribution in [1.29, 1.82) is 0 Å². The van der Waals surface area contributed by atoms with Crippen LogP contribution in [0.2, 0.25) is 0 Å². The average Bonchev–Trinajstić information content (AvgIpc) is 2.57. The van der Waals surface area contributed by atoms with Gasteiger partial charge in [0.2, 0.25) is 0 Å². The predicted molar refractivity (Wildman–Crippen MR) is 93.4 cm³/mol. The Morgan fingerprint density at radius 2 is 1.86 bits per heavy atom. The van der Waals surface area contributed by atoms with E-state index in [0.717, 1.165) is 52.2 Å². The topological polar surface area (TPSA) is 29.5 Å². The first kappa shape index (κ1) is 13.7. The van der Waals surface area contributed by atoms with Gasteiger partial charge in [-0.3, -0.25) is 4.79 Å². The molecule has 4 rings (SSSR count). The number of benzene rings is 2. The van der Waals surface area contributed by atoms with Gasteiger partial charge < -0.3 is 9.64 Å². The molecule has 1 saturated heterocycles. The van der Waals surface area contributed by atoms with Crippen LogP contribution >= 0.6 is 11.3 Å². The van der Waals surface area contributed by atoms with Crippen LogP contribution in [0.1, 0.15) is 5.56 Å². The molecule has 0 saturated carbocycles. The second kappa shape index (κ2) is 5.38. The lowest BCUT2D eigenvalue weighted by atomic mass is 10.1. The summed E-state index contributed by atoms with van der Waals surface area (Å²) in [6, 6.07) is 12.1. The van der Waals surface area contributed by atoms with E-state index >= 15 is 0 Å². The Morgan fingerprint density at radius 1 is 1.09 bits per heavy atom. The highest BCUT2D eigenvalue weighted by atomic mass is 32.1. The van der Waals surface area contributed by atoms with Gasteiger partial charge in [0.25, 0.3) is 0 Å². The molecule has 2 aromatic carbocycles. The Kier molecular flexibility index (Phi) is 3.36. The highest BCUT2D eigenvalue weighted by molar-refractivity contribution is 7.24. The monoisotopic (exact) mass is 311 g/mol. The summed E-state index contributed by atoms with van der Waals surface area (Å²) in [5.74, 6) is 0. The molecule has 1 fully saturated rings. The first-order chi connectivity index (χ1) is 10.8. The van der Waals surface area contributed by atoms with Crippen LogP contribution in [0.15, 0.2) is 41.2 Å². The minimum Gasteiger partial charge on any atom is -0.378 e. The maximum Gasteiger partial charge on any atom is 0.197 e. The van der Waals surface area contributed by atoms with Crippen molar-refractivity contribution in [1.82, 2.24) is 0 Å². The zero-order chi connectivity index (χ0) is 15.1. The largest absolute Gasteiger partial charge is 0.378 e. The number of anilines is 1. The number of ether oxygens (including phenoxy) is 1. The zero-order valence-corrected chi connectivity index (χ0v) is 13.3.